The second-order valence-electron chi connectivity index (χ2n) is 10.7. The average molecular weight is 385 g/mol. The van der Waals surface area contributed by atoms with Gasteiger partial charge in [0, 0.05) is 17.5 Å². The molecule has 6 rings (SSSR count). The van der Waals surface area contributed by atoms with Crippen LogP contribution in [0.3, 0.4) is 0 Å². The number of benzene rings is 1. The number of nitrogens with one attached hydrogen (secondary N) is 1. The second kappa shape index (κ2) is 6.55. The van der Waals surface area contributed by atoms with Crippen LogP contribution in [0.2, 0.25) is 0 Å². The molecule has 0 aromatic heterocycles. The van der Waals surface area contributed by atoms with Gasteiger partial charge in [0.25, 0.3) is 0 Å². The Hall–Kier alpha value is -1.42. The zero-order valence-electron chi connectivity index (χ0n) is 16.8. The van der Waals surface area contributed by atoms with Gasteiger partial charge < -0.3 is 11.1 Å². The van der Waals surface area contributed by atoms with Crippen LogP contribution in [-0.2, 0) is 10.2 Å². The highest BCUT2D eigenvalue weighted by Crippen LogP contribution is 2.70. The fourth-order valence-electron chi connectivity index (χ4n) is 7.76. The van der Waals surface area contributed by atoms with E-state index in [9.17, 15) is 9.18 Å². The van der Waals surface area contributed by atoms with Crippen LogP contribution in [-0.4, -0.2) is 24.7 Å². The van der Waals surface area contributed by atoms with Crippen LogP contribution in [0.15, 0.2) is 30.3 Å². The molecule has 1 aromatic carbocycles. The van der Waals surface area contributed by atoms with Crippen molar-refractivity contribution in [3.8, 4) is 0 Å². The van der Waals surface area contributed by atoms with E-state index in [0.717, 1.165) is 64.2 Å². The Morgan fingerprint density at radius 3 is 2.50 bits per heavy atom. The molecule has 0 radical (unpaired) electrons. The van der Waals surface area contributed by atoms with Crippen molar-refractivity contribution in [1.29, 1.82) is 0 Å². The number of carbonyl (C=O) groups is 1. The Balaban J connectivity index is 1.45. The van der Waals surface area contributed by atoms with Crippen LogP contribution in [0, 0.1) is 16.7 Å². The summed E-state index contributed by atoms with van der Waals surface area (Å²) in [5, 5.41) is 3.39. The molecule has 4 atom stereocenters. The predicted octanol–water partition coefficient (Wildman–Crippen LogP) is 4.25. The SMILES string of the molecule is N[C@H]1CC[C@H](NC(=O)C23CC4CC(CF)(C2)CC(c2ccccc2)(C4)C3)CC1. The topological polar surface area (TPSA) is 55.1 Å². The number of rotatable bonds is 4. The summed E-state index contributed by atoms with van der Waals surface area (Å²) in [7, 11) is 0. The normalized spacial score (nSPS) is 44.4. The molecule has 4 unspecified atom stereocenters. The summed E-state index contributed by atoms with van der Waals surface area (Å²) in [5.74, 6) is 0.674. The van der Waals surface area contributed by atoms with Gasteiger partial charge in [0.2, 0.25) is 5.91 Å². The number of hydrogen-bond donors (Lipinski definition) is 2. The van der Waals surface area contributed by atoms with Gasteiger partial charge in [-0.05, 0) is 81.1 Å². The highest BCUT2D eigenvalue weighted by molar-refractivity contribution is 5.84. The highest BCUT2D eigenvalue weighted by Gasteiger charge is 2.66. The molecular formula is C24H33FN2O. The van der Waals surface area contributed by atoms with Crippen molar-refractivity contribution in [3.05, 3.63) is 35.9 Å². The number of alkyl halides is 1. The number of hydrogen-bond acceptors (Lipinski definition) is 2. The summed E-state index contributed by atoms with van der Waals surface area (Å²) in [6.07, 6.45) is 9.49. The molecule has 0 spiro atoms. The molecule has 0 saturated heterocycles. The maximum atomic E-state index is 14.4. The van der Waals surface area contributed by atoms with Crippen molar-refractivity contribution in [2.24, 2.45) is 22.5 Å². The van der Waals surface area contributed by atoms with Crippen LogP contribution in [0.1, 0.15) is 69.8 Å². The van der Waals surface area contributed by atoms with E-state index >= 15 is 0 Å². The first-order valence-electron chi connectivity index (χ1n) is 11.1. The molecule has 28 heavy (non-hydrogen) atoms. The Morgan fingerprint density at radius 1 is 1.04 bits per heavy atom. The van der Waals surface area contributed by atoms with Crippen LogP contribution >= 0.6 is 0 Å². The third-order valence-corrected chi connectivity index (χ3v) is 8.44. The molecule has 5 aliphatic rings. The molecule has 4 bridgehead atoms. The third-order valence-electron chi connectivity index (χ3n) is 8.44. The van der Waals surface area contributed by atoms with Crippen LogP contribution < -0.4 is 11.1 Å². The summed E-state index contributed by atoms with van der Waals surface area (Å²) in [6, 6.07) is 11.2. The highest BCUT2D eigenvalue weighted by atomic mass is 19.1. The lowest BCUT2D eigenvalue weighted by molar-refractivity contribution is -0.166. The number of nitrogens with two attached hydrogens (primary N) is 1. The summed E-state index contributed by atoms with van der Waals surface area (Å²) in [6.45, 7) is -0.286. The van der Waals surface area contributed by atoms with Gasteiger partial charge in [0.15, 0.2) is 0 Å². The second-order valence-corrected chi connectivity index (χ2v) is 10.7. The minimum Gasteiger partial charge on any atom is -0.353 e. The average Bonchev–Trinajstić information content (AvgIpc) is 2.69. The maximum absolute atomic E-state index is 14.4. The summed E-state index contributed by atoms with van der Waals surface area (Å²) >= 11 is 0. The fraction of sp³-hybridized carbons (Fsp3) is 0.708. The van der Waals surface area contributed by atoms with Gasteiger partial charge >= 0.3 is 0 Å². The predicted molar refractivity (Wildman–Crippen MR) is 109 cm³/mol. The molecule has 1 amide bonds. The van der Waals surface area contributed by atoms with Gasteiger partial charge in [-0.3, -0.25) is 9.18 Å². The lowest BCUT2D eigenvalue weighted by atomic mass is 9.38. The molecule has 3 nitrogen and oxygen atoms in total. The molecule has 4 heteroatoms. The van der Waals surface area contributed by atoms with Crippen molar-refractivity contribution < 1.29 is 9.18 Å². The lowest BCUT2D eigenvalue weighted by Crippen LogP contribution is -2.64. The molecular weight excluding hydrogens is 351 g/mol. The van der Waals surface area contributed by atoms with E-state index in [1.807, 2.05) is 6.07 Å². The molecule has 5 saturated carbocycles. The van der Waals surface area contributed by atoms with Crippen molar-refractivity contribution in [2.75, 3.05) is 6.67 Å². The van der Waals surface area contributed by atoms with Crippen LogP contribution in [0.4, 0.5) is 4.39 Å². The van der Waals surface area contributed by atoms with E-state index in [-0.39, 0.29) is 40.9 Å². The molecule has 1 aromatic rings. The molecule has 5 fully saturated rings. The Kier molecular flexibility index (Phi) is 4.35. The first-order valence-corrected chi connectivity index (χ1v) is 11.1. The van der Waals surface area contributed by atoms with Gasteiger partial charge in [0.05, 0.1) is 12.1 Å². The monoisotopic (exact) mass is 384 g/mol. The summed E-state index contributed by atoms with van der Waals surface area (Å²) in [4.78, 5) is 13.6. The van der Waals surface area contributed by atoms with Crippen molar-refractivity contribution in [2.45, 2.75) is 81.7 Å². The quantitative estimate of drug-likeness (QED) is 0.815. The van der Waals surface area contributed by atoms with Gasteiger partial charge in [0.1, 0.15) is 0 Å². The number of carbonyl (C=O) groups excluding carboxylic acids is 1. The van der Waals surface area contributed by atoms with Crippen LogP contribution in [0.5, 0.6) is 0 Å². The Labute approximate surface area is 167 Å². The summed E-state index contributed by atoms with van der Waals surface area (Å²) < 4.78 is 14.4. The molecule has 5 aliphatic carbocycles. The number of amides is 1. The van der Waals surface area contributed by atoms with Gasteiger partial charge in [-0.2, -0.15) is 0 Å². The fourth-order valence-corrected chi connectivity index (χ4v) is 7.76. The Morgan fingerprint density at radius 2 is 1.79 bits per heavy atom. The van der Waals surface area contributed by atoms with Crippen molar-refractivity contribution >= 4 is 5.91 Å². The standard InChI is InChI=1S/C24H33FN2O/c25-16-22-10-17-11-23(13-22,18-4-2-1-3-5-18)15-24(12-17,14-22)21(28)27-20-8-6-19(26)7-9-20/h1-5,17,19-20H,6-16,26H2,(H,27,28)/t17?,19-,20-,22?,23?,24?. The van der Waals surface area contributed by atoms with E-state index in [1.54, 1.807) is 0 Å². The van der Waals surface area contributed by atoms with E-state index in [0.29, 0.717) is 5.92 Å². The van der Waals surface area contributed by atoms with Crippen molar-refractivity contribution in [3.63, 3.8) is 0 Å². The van der Waals surface area contributed by atoms with Crippen LogP contribution in [0.25, 0.3) is 0 Å². The zero-order chi connectivity index (χ0) is 19.4. The van der Waals surface area contributed by atoms with Gasteiger partial charge in [-0.25, -0.2) is 0 Å². The number of halogens is 1. The minimum absolute atomic E-state index is 0.0287. The molecule has 152 valence electrons. The van der Waals surface area contributed by atoms with E-state index in [1.165, 1.54) is 5.56 Å². The Bertz CT molecular complexity index is 746. The first-order chi connectivity index (χ1) is 13.5. The van der Waals surface area contributed by atoms with E-state index in [4.69, 9.17) is 5.73 Å². The van der Waals surface area contributed by atoms with Gasteiger partial charge in [-0.15, -0.1) is 0 Å². The first kappa shape index (κ1) is 18.6. The third kappa shape index (κ3) is 2.91. The van der Waals surface area contributed by atoms with E-state index < -0.39 is 0 Å². The minimum atomic E-state index is -0.388. The van der Waals surface area contributed by atoms with E-state index in [2.05, 4.69) is 29.6 Å². The largest absolute Gasteiger partial charge is 0.353 e. The van der Waals surface area contributed by atoms with Crippen molar-refractivity contribution in [1.82, 2.24) is 5.32 Å². The lowest BCUT2D eigenvalue weighted by Gasteiger charge is -2.65. The molecule has 0 heterocycles. The van der Waals surface area contributed by atoms with Gasteiger partial charge in [-0.1, -0.05) is 30.3 Å². The summed E-state index contributed by atoms with van der Waals surface area (Å²) in [5.41, 5.74) is 6.63. The maximum Gasteiger partial charge on any atom is 0.226 e. The molecule has 3 N–H and O–H groups in total. The zero-order valence-corrected chi connectivity index (χ0v) is 16.8. The molecule has 0 aliphatic heterocycles. The smallest absolute Gasteiger partial charge is 0.226 e.